The van der Waals surface area contributed by atoms with E-state index in [2.05, 4.69) is 19.8 Å². The summed E-state index contributed by atoms with van der Waals surface area (Å²) < 4.78 is 6.30. The Morgan fingerprint density at radius 3 is 2.55 bits per heavy atom. The van der Waals surface area contributed by atoms with Crippen molar-refractivity contribution >= 4 is 5.91 Å². The SMILES string of the molecule is O=C1CN(Cc2ccncc2)CC(OCc2cccnc2)CN1C1CCCCC1. The summed E-state index contributed by atoms with van der Waals surface area (Å²) in [5, 5.41) is 0. The summed E-state index contributed by atoms with van der Waals surface area (Å²) in [5.74, 6) is 0.235. The summed E-state index contributed by atoms with van der Waals surface area (Å²) in [6.07, 6.45) is 13.2. The molecule has 0 N–H and O–H groups in total. The van der Waals surface area contributed by atoms with Crippen molar-refractivity contribution in [1.29, 1.82) is 0 Å². The van der Waals surface area contributed by atoms with Gasteiger partial charge in [0, 0.05) is 50.5 Å². The van der Waals surface area contributed by atoms with E-state index in [4.69, 9.17) is 4.74 Å². The number of pyridine rings is 2. The lowest BCUT2D eigenvalue weighted by molar-refractivity contribution is -0.135. The van der Waals surface area contributed by atoms with Gasteiger partial charge in [0.2, 0.25) is 5.91 Å². The highest BCUT2D eigenvalue weighted by Gasteiger charge is 2.33. The zero-order chi connectivity index (χ0) is 19.9. The van der Waals surface area contributed by atoms with Gasteiger partial charge in [0.15, 0.2) is 0 Å². The van der Waals surface area contributed by atoms with Crippen molar-refractivity contribution in [3.63, 3.8) is 0 Å². The van der Waals surface area contributed by atoms with Crippen LogP contribution in [0.3, 0.4) is 0 Å². The molecule has 0 spiro atoms. The number of rotatable bonds is 6. The number of nitrogens with zero attached hydrogens (tertiary/aromatic N) is 4. The first kappa shape index (κ1) is 20.0. The average Bonchev–Trinajstić information content (AvgIpc) is 2.92. The number of hydrogen-bond acceptors (Lipinski definition) is 5. The summed E-state index contributed by atoms with van der Waals surface area (Å²) in [7, 11) is 0. The van der Waals surface area contributed by atoms with E-state index in [1.54, 1.807) is 18.6 Å². The third-order valence-electron chi connectivity index (χ3n) is 5.92. The van der Waals surface area contributed by atoms with Gasteiger partial charge in [0.05, 0.1) is 19.3 Å². The van der Waals surface area contributed by atoms with Crippen molar-refractivity contribution < 1.29 is 9.53 Å². The fourth-order valence-electron chi connectivity index (χ4n) is 4.43. The largest absolute Gasteiger partial charge is 0.370 e. The van der Waals surface area contributed by atoms with E-state index in [1.807, 2.05) is 30.5 Å². The fraction of sp³-hybridized carbons (Fsp3) is 0.522. The van der Waals surface area contributed by atoms with Crippen LogP contribution in [0.1, 0.15) is 43.2 Å². The van der Waals surface area contributed by atoms with Gasteiger partial charge >= 0.3 is 0 Å². The van der Waals surface area contributed by atoms with Crippen molar-refractivity contribution in [2.75, 3.05) is 19.6 Å². The van der Waals surface area contributed by atoms with Crippen LogP contribution in [0.2, 0.25) is 0 Å². The molecule has 1 aliphatic heterocycles. The van der Waals surface area contributed by atoms with Crippen LogP contribution in [-0.2, 0) is 22.7 Å². The first-order valence-corrected chi connectivity index (χ1v) is 10.7. The molecule has 4 rings (SSSR count). The molecule has 1 saturated heterocycles. The average molecular weight is 395 g/mol. The van der Waals surface area contributed by atoms with Crippen molar-refractivity contribution in [2.24, 2.45) is 0 Å². The Hall–Kier alpha value is -2.31. The molecule has 2 aromatic rings. The summed E-state index contributed by atoms with van der Waals surface area (Å²) in [4.78, 5) is 25.7. The Morgan fingerprint density at radius 2 is 1.79 bits per heavy atom. The minimum atomic E-state index is -0.00887. The standard InChI is InChI=1S/C23H30N4O2/c28-23-17-26(14-19-8-11-24-12-9-19)15-22(29-18-20-5-4-10-25-13-20)16-27(23)21-6-2-1-3-7-21/h4-5,8-13,21-22H,1-3,6-7,14-18H2. The van der Waals surface area contributed by atoms with Gasteiger partial charge in [-0.05, 0) is 42.2 Å². The number of hydrogen-bond donors (Lipinski definition) is 0. The molecule has 0 radical (unpaired) electrons. The Bertz CT molecular complexity index is 765. The van der Waals surface area contributed by atoms with Gasteiger partial charge in [-0.25, -0.2) is 0 Å². The number of ether oxygens (including phenoxy) is 1. The lowest BCUT2D eigenvalue weighted by atomic mass is 9.94. The van der Waals surface area contributed by atoms with Gasteiger partial charge in [0.1, 0.15) is 0 Å². The molecular formula is C23H30N4O2. The Balaban J connectivity index is 1.47. The number of aromatic nitrogens is 2. The van der Waals surface area contributed by atoms with Gasteiger partial charge < -0.3 is 9.64 Å². The van der Waals surface area contributed by atoms with Crippen LogP contribution < -0.4 is 0 Å². The van der Waals surface area contributed by atoms with Gasteiger partial charge in [-0.1, -0.05) is 25.3 Å². The third-order valence-corrected chi connectivity index (χ3v) is 5.92. The maximum atomic E-state index is 13.1. The Kier molecular flexibility index (Phi) is 6.85. The first-order valence-electron chi connectivity index (χ1n) is 10.7. The highest BCUT2D eigenvalue weighted by Crippen LogP contribution is 2.25. The van der Waals surface area contributed by atoms with E-state index in [0.29, 0.717) is 25.7 Å². The van der Waals surface area contributed by atoms with Crippen molar-refractivity contribution in [3.8, 4) is 0 Å². The first-order chi connectivity index (χ1) is 14.3. The quantitative estimate of drug-likeness (QED) is 0.754. The molecule has 1 unspecified atom stereocenters. The van der Waals surface area contributed by atoms with Gasteiger partial charge in [-0.2, -0.15) is 0 Å². The summed E-state index contributed by atoms with van der Waals surface area (Å²) in [6.45, 7) is 3.13. The molecule has 29 heavy (non-hydrogen) atoms. The second kappa shape index (κ2) is 9.94. The van der Waals surface area contributed by atoms with Crippen LogP contribution in [-0.4, -0.2) is 57.5 Å². The van der Waals surface area contributed by atoms with E-state index in [9.17, 15) is 4.79 Å². The lowest BCUT2D eigenvalue weighted by Crippen LogP contribution is -2.45. The molecule has 6 nitrogen and oxygen atoms in total. The van der Waals surface area contributed by atoms with Crippen molar-refractivity contribution in [1.82, 2.24) is 19.8 Å². The van der Waals surface area contributed by atoms with Crippen LogP contribution in [0.5, 0.6) is 0 Å². The fourth-order valence-corrected chi connectivity index (χ4v) is 4.43. The normalized spacial score (nSPS) is 21.9. The highest BCUT2D eigenvalue weighted by atomic mass is 16.5. The van der Waals surface area contributed by atoms with Gasteiger partial charge in [0.25, 0.3) is 0 Å². The molecule has 1 aliphatic carbocycles. The monoisotopic (exact) mass is 394 g/mol. The molecule has 2 aromatic heterocycles. The van der Waals surface area contributed by atoms with Crippen LogP contribution in [0, 0.1) is 0 Å². The zero-order valence-corrected chi connectivity index (χ0v) is 16.9. The van der Waals surface area contributed by atoms with Crippen molar-refractivity contribution in [2.45, 2.75) is 57.4 Å². The smallest absolute Gasteiger partial charge is 0.237 e. The summed E-state index contributed by atoms with van der Waals surface area (Å²) >= 11 is 0. The lowest BCUT2D eigenvalue weighted by Gasteiger charge is -2.35. The molecule has 154 valence electrons. The molecular weight excluding hydrogens is 364 g/mol. The highest BCUT2D eigenvalue weighted by molar-refractivity contribution is 5.79. The molecule has 2 aliphatic rings. The van der Waals surface area contributed by atoms with E-state index in [-0.39, 0.29) is 12.0 Å². The minimum absolute atomic E-state index is 0.00887. The predicted molar refractivity (Wildman–Crippen MR) is 111 cm³/mol. The van der Waals surface area contributed by atoms with Crippen LogP contribution in [0.25, 0.3) is 0 Å². The maximum absolute atomic E-state index is 13.1. The number of carbonyl (C=O) groups is 1. The molecule has 1 amide bonds. The second-order valence-electron chi connectivity index (χ2n) is 8.16. The predicted octanol–water partition coefficient (Wildman–Crippen LogP) is 3.04. The molecule has 1 atom stereocenters. The van der Waals surface area contributed by atoms with E-state index >= 15 is 0 Å². The summed E-state index contributed by atoms with van der Waals surface area (Å²) in [6, 6.07) is 8.35. The summed E-state index contributed by atoms with van der Waals surface area (Å²) in [5.41, 5.74) is 2.23. The van der Waals surface area contributed by atoms with Crippen LogP contribution in [0.15, 0.2) is 49.1 Å². The second-order valence-corrected chi connectivity index (χ2v) is 8.16. The van der Waals surface area contributed by atoms with Gasteiger partial charge in [-0.3, -0.25) is 19.7 Å². The molecule has 1 saturated carbocycles. The van der Waals surface area contributed by atoms with Gasteiger partial charge in [-0.15, -0.1) is 0 Å². The topological polar surface area (TPSA) is 58.6 Å². The van der Waals surface area contributed by atoms with E-state index in [0.717, 1.165) is 31.5 Å². The van der Waals surface area contributed by atoms with Crippen LogP contribution in [0.4, 0.5) is 0 Å². The van der Waals surface area contributed by atoms with Crippen molar-refractivity contribution in [3.05, 3.63) is 60.2 Å². The minimum Gasteiger partial charge on any atom is -0.370 e. The third kappa shape index (κ3) is 5.61. The number of carbonyl (C=O) groups excluding carboxylic acids is 1. The molecule has 2 fully saturated rings. The molecule has 0 aromatic carbocycles. The Morgan fingerprint density at radius 1 is 0.966 bits per heavy atom. The Labute approximate surface area is 172 Å². The van der Waals surface area contributed by atoms with E-state index < -0.39 is 0 Å². The van der Waals surface area contributed by atoms with Crippen LogP contribution >= 0.6 is 0 Å². The molecule has 0 bridgehead atoms. The number of amides is 1. The molecule has 6 heteroatoms. The maximum Gasteiger partial charge on any atom is 0.237 e. The molecule has 3 heterocycles. The zero-order valence-electron chi connectivity index (χ0n) is 16.9. The van der Waals surface area contributed by atoms with E-state index in [1.165, 1.54) is 24.8 Å².